The molecule has 3 aromatic rings. The van der Waals surface area contributed by atoms with Crippen LogP contribution in [-0.4, -0.2) is 16.2 Å². The van der Waals surface area contributed by atoms with Crippen LogP contribution in [0.2, 0.25) is 0 Å². The molecule has 1 N–H and O–H groups in total. The van der Waals surface area contributed by atoms with Gasteiger partial charge < -0.3 is 10.1 Å². The number of para-hydroxylation sites is 2. The van der Waals surface area contributed by atoms with Crippen molar-refractivity contribution < 1.29 is 4.74 Å². The lowest BCUT2D eigenvalue weighted by molar-refractivity contribution is 0.252. The third-order valence-electron chi connectivity index (χ3n) is 4.51. The largest absolute Gasteiger partial charge is 0.493 e. The Morgan fingerprint density at radius 2 is 1.92 bits per heavy atom. The molecule has 2 aromatic carbocycles. The molecule has 122 valence electrons. The summed E-state index contributed by atoms with van der Waals surface area (Å²) in [5.74, 6) is 2.00. The molecule has 0 bridgehead atoms. The van der Waals surface area contributed by atoms with Gasteiger partial charge in [0, 0.05) is 30.3 Å². The molecule has 0 aliphatic carbocycles. The standard InChI is InChI=1S/C20H21N3O/c1-15-21-13-17(23(15)16-7-3-2-4-8-16)14-22-19-11-12-24-20-10-6-5-9-18(19)20/h2-10,13,19,22H,11-12,14H2,1H3. The zero-order chi connectivity index (χ0) is 16.4. The van der Waals surface area contributed by atoms with Gasteiger partial charge in [0.15, 0.2) is 0 Å². The molecule has 0 saturated carbocycles. The average Bonchev–Trinajstić information content (AvgIpc) is 3.01. The quantitative estimate of drug-likeness (QED) is 0.795. The number of ether oxygens (including phenoxy) is 1. The Morgan fingerprint density at radius 3 is 2.79 bits per heavy atom. The van der Waals surface area contributed by atoms with E-state index < -0.39 is 0 Å². The highest BCUT2D eigenvalue weighted by atomic mass is 16.5. The van der Waals surface area contributed by atoms with Crippen LogP contribution in [0.1, 0.15) is 29.5 Å². The van der Waals surface area contributed by atoms with Gasteiger partial charge in [-0.25, -0.2) is 4.98 Å². The maximum Gasteiger partial charge on any atom is 0.124 e. The number of nitrogens with zero attached hydrogens (tertiary/aromatic N) is 2. The molecule has 0 spiro atoms. The van der Waals surface area contributed by atoms with Crippen LogP contribution in [-0.2, 0) is 6.54 Å². The summed E-state index contributed by atoms with van der Waals surface area (Å²) in [6.07, 6.45) is 2.94. The minimum absolute atomic E-state index is 0.314. The number of hydrogen-bond acceptors (Lipinski definition) is 3. The highest BCUT2D eigenvalue weighted by molar-refractivity contribution is 5.38. The van der Waals surface area contributed by atoms with Crippen LogP contribution in [0.5, 0.6) is 5.75 Å². The molecule has 24 heavy (non-hydrogen) atoms. The van der Waals surface area contributed by atoms with Crippen molar-refractivity contribution in [2.75, 3.05) is 6.61 Å². The number of fused-ring (bicyclic) bond motifs is 1. The van der Waals surface area contributed by atoms with E-state index in [2.05, 4.69) is 51.3 Å². The highest BCUT2D eigenvalue weighted by Crippen LogP contribution is 2.31. The minimum atomic E-state index is 0.314. The molecule has 0 radical (unpaired) electrons. The van der Waals surface area contributed by atoms with Gasteiger partial charge in [0.2, 0.25) is 0 Å². The third-order valence-corrected chi connectivity index (χ3v) is 4.51. The Morgan fingerprint density at radius 1 is 1.12 bits per heavy atom. The van der Waals surface area contributed by atoms with Gasteiger partial charge in [0.1, 0.15) is 11.6 Å². The first-order valence-corrected chi connectivity index (χ1v) is 8.36. The Labute approximate surface area is 142 Å². The van der Waals surface area contributed by atoms with Crippen LogP contribution in [0.3, 0.4) is 0 Å². The molecule has 1 atom stereocenters. The van der Waals surface area contributed by atoms with Crippen molar-refractivity contribution >= 4 is 0 Å². The topological polar surface area (TPSA) is 39.1 Å². The van der Waals surface area contributed by atoms with Crippen molar-refractivity contribution in [1.82, 2.24) is 14.9 Å². The van der Waals surface area contributed by atoms with Gasteiger partial charge in [-0.05, 0) is 25.1 Å². The van der Waals surface area contributed by atoms with Crippen molar-refractivity contribution in [1.29, 1.82) is 0 Å². The predicted molar refractivity (Wildman–Crippen MR) is 94.4 cm³/mol. The maximum atomic E-state index is 5.75. The van der Waals surface area contributed by atoms with Gasteiger partial charge in [0.25, 0.3) is 0 Å². The Hall–Kier alpha value is -2.59. The Bertz CT molecular complexity index is 826. The van der Waals surface area contributed by atoms with Crippen molar-refractivity contribution in [3.05, 3.63) is 77.9 Å². The fourth-order valence-corrected chi connectivity index (χ4v) is 3.33. The Kier molecular flexibility index (Phi) is 4.05. The van der Waals surface area contributed by atoms with Gasteiger partial charge in [-0.3, -0.25) is 4.57 Å². The molecule has 1 unspecified atom stereocenters. The van der Waals surface area contributed by atoms with E-state index in [9.17, 15) is 0 Å². The van der Waals surface area contributed by atoms with E-state index in [1.807, 2.05) is 31.3 Å². The molecule has 1 aliphatic heterocycles. The molecule has 4 heteroatoms. The van der Waals surface area contributed by atoms with Crippen LogP contribution in [0.25, 0.3) is 5.69 Å². The van der Waals surface area contributed by atoms with Crippen molar-refractivity contribution in [3.8, 4) is 11.4 Å². The number of benzene rings is 2. The number of nitrogens with one attached hydrogen (secondary N) is 1. The lowest BCUT2D eigenvalue weighted by Crippen LogP contribution is -2.27. The summed E-state index contributed by atoms with van der Waals surface area (Å²) in [5, 5.41) is 3.68. The fraction of sp³-hybridized carbons (Fsp3) is 0.250. The molecular formula is C20H21N3O. The van der Waals surface area contributed by atoms with Gasteiger partial charge in [-0.2, -0.15) is 0 Å². The molecule has 4 rings (SSSR count). The molecule has 1 aromatic heterocycles. The SMILES string of the molecule is Cc1ncc(CNC2CCOc3ccccc32)n1-c1ccccc1. The second kappa shape index (κ2) is 6.49. The van der Waals surface area contributed by atoms with Crippen LogP contribution >= 0.6 is 0 Å². The van der Waals surface area contributed by atoms with Crippen LogP contribution in [0, 0.1) is 6.92 Å². The lowest BCUT2D eigenvalue weighted by Gasteiger charge is -2.27. The minimum Gasteiger partial charge on any atom is -0.493 e. The number of aryl methyl sites for hydroxylation is 1. The van der Waals surface area contributed by atoms with E-state index in [4.69, 9.17) is 4.74 Å². The highest BCUT2D eigenvalue weighted by Gasteiger charge is 2.21. The summed E-state index contributed by atoms with van der Waals surface area (Å²) in [7, 11) is 0. The molecule has 2 heterocycles. The smallest absolute Gasteiger partial charge is 0.124 e. The van der Waals surface area contributed by atoms with Crippen molar-refractivity contribution in [3.63, 3.8) is 0 Å². The second-order valence-electron chi connectivity index (χ2n) is 6.08. The fourth-order valence-electron chi connectivity index (χ4n) is 3.33. The van der Waals surface area contributed by atoms with Crippen molar-refractivity contribution in [2.24, 2.45) is 0 Å². The first-order chi connectivity index (χ1) is 11.8. The van der Waals surface area contributed by atoms with E-state index in [1.54, 1.807) is 0 Å². The summed E-state index contributed by atoms with van der Waals surface area (Å²) in [4.78, 5) is 4.50. The summed E-state index contributed by atoms with van der Waals surface area (Å²) in [5.41, 5.74) is 3.56. The van der Waals surface area contributed by atoms with Crippen LogP contribution in [0.4, 0.5) is 0 Å². The molecule has 1 aliphatic rings. The normalized spacial score (nSPS) is 16.5. The summed E-state index contributed by atoms with van der Waals surface area (Å²) in [6.45, 7) is 3.57. The molecule has 0 amide bonds. The van der Waals surface area contributed by atoms with Crippen LogP contribution < -0.4 is 10.1 Å². The second-order valence-corrected chi connectivity index (χ2v) is 6.08. The van der Waals surface area contributed by atoms with Crippen LogP contribution in [0.15, 0.2) is 60.8 Å². The summed E-state index contributed by atoms with van der Waals surface area (Å²) >= 11 is 0. The summed E-state index contributed by atoms with van der Waals surface area (Å²) in [6, 6.07) is 19.0. The van der Waals surface area contributed by atoms with E-state index >= 15 is 0 Å². The van der Waals surface area contributed by atoms with E-state index in [-0.39, 0.29) is 0 Å². The molecular weight excluding hydrogens is 298 g/mol. The van der Waals surface area contributed by atoms with Gasteiger partial charge in [0.05, 0.1) is 18.5 Å². The van der Waals surface area contributed by atoms with E-state index in [0.717, 1.165) is 36.8 Å². The van der Waals surface area contributed by atoms with Crippen molar-refractivity contribution in [2.45, 2.75) is 25.9 Å². The van der Waals surface area contributed by atoms with E-state index in [1.165, 1.54) is 11.3 Å². The Balaban J connectivity index is 1.56. The first-order valence-electron chi connectivity index (χ1n) is 8.36. The van der Waals surface area contributed by atoms with E-state index in [0.29, 0.717) is 6.04 Å². The number of hydrogen-bond donors (Lipinski definition) is 1. The zero-order valence-corrected chi connectivity index (χ0v) is 13.8. The average molecular weight is 319 g/mol. The predicted octanol–water partition coefficient (Wildman–Crippen LogP) is 3.79. The number of rotatable bonds is 4. The number of aromatic nitrogens is 2. The lowest BCUT2D eigenvalue weighted by atomic mass is 10.0. The monoisotopic (exact) mass is 319 g/mol. The van der Waals surface area contributed by atoms with Gasteiger partial charge in [-0.1, -0.05) is 36.4 Å². The summed E-state index contributed by atoms with van der Waals surface area (Å²) < 4.78 is 7.95. The van der Waals surface area contributed by atoms with Gasteiger partial charge in [-0.15, -0.1) is 0 Å². The number of imidazole rings is 1. The molecule has 4 nitrogen and oxygen atoms in total. The third kappa shape index (κ3) is 2.81. The molecule has 0 saturated heterocycles. The first kappa shape index (κ1) is 15.0. The molecule has 0 fully saturated rings. The van der Waals surface area contributed by atoms with Gasteiger partial charge >= 0.3 is 0 Å². The zero-order valence-electron chi connectivity index (χ0n) is 13.8. The maximum absolute atomic E-state index is 5.75.